The first-order valence-electron chi connectivity index (χ1n) is 4.36. The van der Waals surface area contributed by atoms with Crippen molar-refractivity contribution in [2.75, 3.05) is 0 Å². The summed E-state index contributed by atoms with van der Waals surface area (Å²) in [5.41, 5.74) is 5.88. The van der Waals surface area contributed by atoms with Crippen molar-refractivity contribution in [3.63, 3.8) is 0 Å². The van der Waals surface area contributed by atoms with E-state index in [1.165, 1.54) is 0 Å². The van der Waals surface area contributed by atoms with Crippen LogP contribution < -0.4 is 5.73 Å². The molecule has 0 aliphatic heterocycles. The Labute approximate surface area is 70.1 Å². The third kappa shape index (κ3) is 4.38. The number of hydrogen-bond donors (Lipinski definition) is 1. The van der Waals surface area contributed by atoms with Gasteiger partial charge in [-0.2, -0.15) is 0 Å². The molecule has 0 aliphatic carbocycles. The van der Waals surface area contributed by atoms with Crippen molar-refractivity contribution in [1.29, 1.82) is 0 Å². The number of nitrogens with two attached hydrogens (primary N) is 1. The second kappa shape index (κ2) is 4.73. The molecule has 68 valence electrons. The molecule has 2 heteroatoms. The van der Waals surface area contributed by atoms with Crippen LogP contribution in [0.1, 0.15) is 34.6 Å². The largest absolute Gasteiger partial charge is 0.374 e. The molecule has 0 bridgehead atoms. The van der Waals surface area contributed by atoms with Crippen LogP contribution >= 0.6 is 0 Å². The summed E-state index contributed by atoms with van der Waals surface area (Å²) in [7, 11) is 0. The van der Waals surface area contributed by atoms with E-state index in [9.17, 15) is 0 Å². The molecule has 2 N–H and O–H groups in total. The fraction of sp³-hybridized carbons (Fsp3) is 1.00. The molecular weight excluding hydrogens is 138 g/mol. The van der Waals surface area contributed by atoms with Crippen LogP contribution in [0.15, 0.2) is 0 Å². The molecule has 0 saturated carbocycles. The van der Waals surface area contributed by atoms with Crippen molar-refractivity contribution in [1.82, 2.24) is 0 Å². The van der Waals surface area contributed by atoms with E-state index in [0.29, 0.717) is 5.92 Å². The van der Waals surface area contributed by atoms with E-state index in [2.05, 4.69) is 13.8 Å². The molecular formula is C9H21NO. The Hall–Kier alpha value is -0.0800. The third-order valence-electron chi connectivity index (χ3n) is 1.80. The molecule has 0 fully saturated rings. The van der Waals surface area contributed by atoms with Crippen LogP contribution in [0.5, 0.6) is 0 Å². The van der Waals surface area contributed by atoms with Crippen LogP contribution in [0.4, 0.5) is 0 Å². The smallest absolute Gasteiger partial charge is 0.0703 e. The van der Waals surface area contributed by atoms with Crippen LogP contribution in [0.3, 0.4) is 0 Å². The van der Waals surface area contributed by atoms with Gasteiger partial charge in [-0.15, -0.1) is 0 Å². The SMILES string of the molecule is CC(C)OC(C)C(N)C(C)C. The van der Waals surface area contributed by atoms with Gasteiger partial charge in [0.25, 0.3) is 0 Å². The van der Waals surface area contributed by atoms with E-state index in [-0.39, 0.29) is 18.2 Å². The highest BCUT2D eigenvalue weighted by Gasteiger charge is 2.17. The summed E-state index contributed by atoms with van der Waals surface area (Å²) >= 11 is 0. The fourth-order valence-corrected chi connectivity index (χ4v) is 1.06. The molecule has 0 radical (unpaired) electrons. The fourth-order valence-electron chi connectivity index (χ4n) is 1.06. The molecule has 0 aromatic heterocycles. The molecule has 2 nitrogen and oxygen atoms in total. The van der Waals surface area contributed by atoms with E-state index in [4.69, 9.17) is 10.5 Å². The lowest BCUT2D eigenvalue weighted by Gasteiger charge is -2.25. The van der Waals surface area contributed by atoms with Crippen molar-refractivity contribution >= 4 is 0 Å². The summed E-state index contributed by atoms with van der Waals surface area (Å²) in [4.78, 5) is 0. The van der Waals surface area contributed by atoms with Gasteiger partial charge in [-0.1, -0.05) is 13.8 Å². The highest BCUT2D eigenvalue weighted by atomic mass is 16.5. The van der Waals surface area contributed by atoms with Crippen molar-refractivity contribution in [3.8, 4) is 0 Å². The lowest BCUT2D eigenvalue weighted by atomic mass is 10.0. The van der Waals surface area contributed by atoms with Crippen molar-refractivity contribution < 1.29 is 4.74 Å². The number of ether oxygens (including phenoxy) is 1. The number of hydrogen-bond acceptors (Lipinski definition) is 2. The maximum Gasteiger partial charge on any atom is 0.0703 e. The first kappa shape index (κ1) is 10.9. The maximum absolute atomic E-state index is 5.88. The molecule has 0 saturated heterocycles. The van der Waals surface area contributed by atoms with Gasteiger partial charge in [0, 0.05) is 6.04 Å². The lowest BCUT2D eigenvalue weighted by Crippen LogP contribution is -2.40. The van der Waals surface area contributed by atoms with Gasteiger partial charge in [0.1, 0.15) is 0 Å². The lowest BCUT2D eigenvalue weighted by molar-refractivity contribution is -0.00352. The monoisotopic (exact) mass is 159 g/mol. The van der Waals surface area contributed by atoms with E-state index in [1.54, 1.807) is 0 Å². The zero-order valence-corrected chi connectivity index (χ0v) is 8.29. The van der Waals surface area contributed by atoms with E-state index in [1.807, 2.05) is 20.8 Å². The van der Waals surface area contributed by atoms with Crippen molar-refractivity contribution in [2.45, 2.75) is 52.9 Å². The zero-order valence-electron chi connectivity index (χ0n) is 8.29. The standard InChI is InChI=1S/C9H21NO/c1-6(2)9(10)8(5)11-7(3)4/h6-9H,10H2,1-5H3. The average molecular weight is 159 g/mol. The molecule has 0 aromatic rings. The van der Waals surface area contributed by atoms with Crippen LogP contribution in [0.25, 0.3) is 0 Å². The Morgan fingerprint density at radius 2 is 1.45 bits per heavy atom. The third-order valence-corrected chi connectivity index (χ3v) is 1.80. The van der Waals surface area contributed by atoms with Crippen LogP contribution in [-0.4, -0.2) is 18.2 Å². The quantitative estimate of drug-likeness (QED) is 0.678. The van der Waals surface area contributed by atoms with Gasteiger partial charge >= 0.3 is 0 Å². The molecule has 11 heavy (non-hydrogen) atoms. The van der Waals surface area contributed by atoms with Crippen LogP contribution in [0, 0.1) is 5.92 Å². The maximum atomic E-state index is 5.88. The van der Waals surface area contributed by atoms with Gasteiger partial charge in [-0.25, -0.2) is 0 Å². The van der Waals surface area contributed by atoms with Gasteiger partial charge in [-0.3, -0.25) is 0 Å². The Morgan fingerprint density at radius 3 is 1.73 bits per heavy atom. The Kier molecular flexibility index (Phi) is 4.69. The van der Waals surface area contributed by atoms with Crippen LogP contribution in [-0.2, 0) is 4.74 Å². The Bertz CT molecular complexity index is 102. The minimum absolute atomic E-state index is 0.150. The second-order valence-corrected chi connectivity index (χ2v) is 3.71. The van der Waals surface area contributed by atoms with Gasteiger partial charge in [-0.05, 0) is 26.7 Å². The predicted molar refractivity (Wildman–Crippen MR) is 48.5 cm³/mol. The van der Waals surface area contributed by atoms with Crippen molar-refractivity contribution in [3.05, 3.63) is 0 Å². The Balaban J connectivity index is 3.73. The molecule has 0 amide bonds. The molecule has 0 aromatic carbocycles. The summed E-state index contributed by atoms with van der Waals surface area (Å²) in [6.07, 6.45) is 0.435. The average Bonchev–Trinajstić information content (AvgIpc) is 1.84. The summed E-state index contributed by atoms with van der Waals surface area (Å²) in [5.74, 6) is 0.490. The number of rotatable bonds is 4. The van der Waals surface area contributed by atoms with Crippen molar-refractivity contribution in [2.24, 2.45) is 11.7 Å². The van der Waals surface area contributed by atoms with E-state index >= 15 is 0 Å². The Morgan fingerprint density at radius 1 is 1.00 bits per heavy atom. The van der Waals surface area contributed by atoms with Gasteiger partial charge in [0.05, 0.1) is 12.2 Å². The second-order valence-electron chi connectivity index (χ2n) is 3.71. The van der Waals surface area contributed by atoms with Gasteiger partial charge in [0.2, 0.25) is 0 Å². The zero-order chi connectivity index (χ0) is 9.02. The summed E-state index contributed by atoms with van der Waals surface area (Å²) in [6.45, 7) is 10.3. The molecule has 0 spiro atoms. The minimum Gasteiger partial charge on any atom is -0.374 e. The van der Waals surface area contributed by atoms with E-state index in [0.717, 1.165) is 0 Å². The summed E-state index contributed by atoms with van der Waals surface area (Å²) < 4.78 is 5.55. The van der Waals surface area contributed by atoms with E-state index < -0.39 is 0 Å². The first-order valence-corrected chi connectivity index (χ1v) is 4.36. The topological polar surface area (TPSA) is 35.2 Å². The molecule has 2 unspecified atom stereocenters. The van der Waals surface area contributed by atoms with Gasteiger partial charge in [0.15, 0.2) is 0 Å². The minimum atomic E-state index is 0.150. The molecule has 0 heterocycles. The normalized spacial score (nSPS) is 17.5. The molecule has 2 atom stereocenters. The first-order chi connectivity index (χ1) is 4.95. The molecule has 0 aliphatic rings. The highest BCUT2D eigenvalue weighted by molar-refractivity contribution is 4.72. The summed E-state index contributed by atoms with van der Waals surface area (Å²) in [5, 5.41) is 0. The van der Waals surface area contributed by atoms with Crippen LogP contribution in [0.2, 0.25) is 0 Å². The highest BCUT2D eigenvalue weighted by Crippen LogP contribution is 2.08. The predicted octanol–water partition coefficient (Wildman–Crippen LogP) is 1.78. The molecule has 0 rings (SSSR count). The summed E-state index contributed by atoms with van der Waals surface area (Å²) in [6, 6.07) is 0.150. The van der Waals surface area contributed by atoms with Gasteiger partial charge < -0.3 is 10.5 Å².